The lowest BCUT2D eigenvalue weighted by atomic mass is 10.1. The first-order valence-corrected chi connectivity index (χ1v) is 8.74. The quantitative estimate of drug-likeness (QED) is 0.746. The third-order valence-electron chi connectivity index (χ3n) is 4.32. The molecule has 0 spiro atoms. The van der Waals surface area contributed by atoms with Crippen LogP contribution in [0.1, 0.15) is 28.6 Å². The Kier molecular flexibility index (Phi) is 4.60. The van der Waals surface area contributed by atoms with Crippen molar-refractivity contribution in [3.63, 3.8) is 0 Å². The van der Waals surface area contributed by atoms with Gasteiger partial charge in [-0.2, -0.15) is 0 Å². The zero-order valence-corrected chi connectivity index (χ0v) is 14.9. The molecule has 1 aliphatic heterocycles. The van der Waals surface area contributed by atoms with Gasteiger partial charge in [-0.1, -0.05) is 47.0 Å². The van der Waals surface area contributed by atoms with Crippen molar-refractivity contribution in [1.29, 1.82) is 0 Å². The second-order valence-corrected chi connectivity index (χ2v) is 6.53. The molecule has 1 atom stereocenters. The number of anilines is 2. The van der Waals surface area contributed by atoms with Gasteiger partial charge in [0.25, 0.3) is 5.91 Å². The fraction of sp³-hybridized carbons (Fsp3) is 0.158. The molecule has 0 bridgehead atoms. The Balaban J connectivity index is 1.46. The van der Waals surface area contributed by atoms with Crippen molar-refractivity contribution < 1.29 is 14.0 Å². The Labute approximate surface area is 160 Å². The summed E-state index contributed by atoms with van der Waals surface area (Å²) in [6.45, 7) is 0.447. The number of benzene rings is 2. The van der Waals surface area contributed by atoms with Crippen LogP contribution in [0.25, 0.3) is 0 Å². The van der Waals surface area contributed by atoms with E-state index >= 15 is 0 Å². The molecule has 1 fully saturated rings. The number of para-hydroxylation sites is 1. The number of halogens is 1. The van der Waals surface area contributed by atoms with E-state index in [9.17, 15) is 9.59 Å². The largest absolute Gasteiger partial charge is 0.407 e. The molecule has 0 saturated carbocycles. The molecule has 27 heavy (non-hydrogen) atoms. The number of amides is 2. The fourth-order valence-corrected chi connectivity index (χ4v) is 3.21. The minimum Gasteiger partial charge on any atom is -0.407 e. The molecular weight excluding hydrogens is 368 g/mol. The van der Waals surface area contributed by atoms with Crippen molar-refractivity contribution in [3.05, 3.63) is 71.1 Å². The van der Waals surface area contributed by atoms with Crippen molar-refractivity contribution in [2.75, 3.05) is 16.8 Å². The van der Waals surface area contributed by atoms with E-state index in [-0.39, 0.29) is 24.3 Å². The standard InChI is InChI=1S/C19H15ClN4O3/c20-15-9-5-4-8-14(15)17(26)21-19-23-22-18(27-19)12-10-16(25)24(11-12)13-6-2-1-3-7-13/h1-9,12H,10-11H2,(H,21,23,26). The van der Waals surface area contributed by atoms with Gasteiger partial charge in [-0.25, -0.2) is 0 Å². The average Bonchev–Trinajstić information content (AvgIpc) is 3.29. The van der Waals surface area contributed by atoms with E-state index in [0.717, 1.165) is 5.69 Å². The van der Waals surface area contributed by atoms with Crippen LogP contribution in [0.4, 0.5) is 11.7 Å². The predicted molar refractivity (Wildman–Crippen MR) is 99.9 cm³/mol. The van der Waals surface area contributed by atoms with Crippen molar-refractivity contribution in [2.24, 2.45) is 0 Å². The highest BCUT2D eigenvalue weighted by molar-refractivity contribution is 6.34. The van der Waals surface area contributed by atoms with E-state index in [0.29, 0.717) is 23.0 Å². The van der Waals surface area contributed by atoms with E-state index in [2.05, 4.69) is 15.5 Å². The molecule has 8 heteroatoms. The molecule has 2 aromatic carbocycles. The van der Waals surface area contributed by atoms with Gasteiger partial charge in [0.15, 0.2) is 0 Å². The van der Waals surface area contributed by atoms with Crippen LogP contribution in [0.3, 0.4) is 0 Å². The van der Waals surface area contributed by atoms with E-state index < -0.39 is 5.91 Å². The molecule has 1 aromatic heterocycles. The molecule has 4 rings (SSSR count). The molecule has 1 aliphatic rings. The van der Waals surface area contributed by atoms with Gasteiger partial charge in [0.2, 0.25) is 11.8 Å². The molecule has 2 amide bonds. The van der Waals surface area contributed by atoms with Gasteiger partial charge in [-0.15, -0.1) is 5.10 Å². The highest BCUT2D eigenvalue weighted by atomic mass is 35.5. The minimum atomic E-state index is -0.441. The fourth-order valence-electron chi connectivity index (χ4n) is 2.99. The monoisotopic (exact) mass is 382 g/mol. The SMILES string of the molecule is O=C(Nc1nnc(C2CC(=O)N(c3ccccc3)C2)o1)c1ccccc1Cl. The lowest BCUT2D eigenvalue weighted by Crippen LogP contribution is -2.24. The van der Waals surface area contributed by atoms with Crippen molar-refractivity contribution in [3.8, 4) is 0 Å². The molecule has 1 saturated heterocycles. The Morgan fingerprint density at radius 1 is 1.11 bits per heavy atom. The van der Waals surface area contributed by atoms with Gasteiger partial charge >= 0.3 is 6.01 Å². The summed E-state index contributed by atoms with van der Waals surface area (Å²) in [4.78, 5) is 26.3. The molecule has 0 aliphatic carbocycles. The number of hydrogen-bond donors (Lipinski definition) is 1. The topological polar surface area (TPSA) is 88.3 Å². The second-order valence-electron chi connectivity index (χ2n) is 6.12. The molecular formula is C19H15ClN4O3. The zero-order chi connectivity index (χ0) is 18.8. The number of aromatic nitrogens is 2. The smallest absolute Gasteiger partial charge is 0.322 e. The van der Waals surface area contributed by atoms with Gasteiger partial charge < -0.3 is 9.32 Å². The molecule has 3 aromatic rings. The maximum absolute atomic E-state index is 12.3. The summed E-state index contributed by atoms with van der Waals surface area (Å²) in [6.07, 6.45) is 0.273. The molecule has 1 N–H and O–H groups in total. The van der Waals surface area contributed by atoms with Crippen molar-refractivity contribution >= 4 is 35.1 Å². The Bertz CT molecular complexity index is 989. The molecule has 136 valence electrons. The van der Waals surface area contributed by atoms with Crippen LogP contribution in [0, 0.1) is 0 Å². The van der Waals surface area contributed by atoms with Gasteiger partial charge in [0.05, 0.1) is 16.5 Å². The lowest BCUT2D eigenvalue weighted by Gasteiger charge is -2.15. The Morgan fingerprint density at radius 3 is 2.63 bits per heavy atom. The molecule has 1 unspecified atom stereocenters. The molecule has 2 heterocycles. The first kappa shape index (κ1) is 17.2. The van der Waals surface area contributed by atoms with E-state index in [1.54, 1.807) is 29.2 Å². The van der Waals surface area contributed by atoms with E-state index in [1.165, 1.54) is 0 Å². The Morgan fingerprint density at radius 2 is 1.85 bits per heavy atom. The number of hydrogen-bond acceptors (Lipinski definition) is 5. The van der Waals surface area contributed by atoms with Crippen molar-refractivity contribution in [2.45, 2.75) is 12.3 Å². The van der Waals surface area contributed by atoms with E-state index in [4.69, 9.17) is 16.0 Å². The average molecular weight is 383 g/mol. The zero-order valence-electron chi connectivity index (χ0n) is 14.1. The molecule has 7 nitrogen and oxygen atoms in total. The van der Waals surface area contributed by atoms with Crippen LogP contribution in [0.2, 0.25) is 5.02 Å². The highest BCUT2D eigenvalue weighted by Crippen LogP contribution is 2.31. The number of carbonyl (C=O) groups is 2. The first-order valence-electron chi connectivity index (χ1n) is 8.36. The van der Waals surface area contributed by atoms with Crippen LogP contribution in [-0.4, -0.2) is 28.6 Å². The molecule has 0 radical (unpaired) electrons. The number of nitrogens with zero attached hydrogens (tertiary/aromatic N) is 3. The Hall–Kier alpha value is -3.19. The van der Waals surface area contributed by atoms with Gasteiger partial charge in [0.1, 0.15) is 0 Å². The van der Waals surface area contributed by atoms with Crippen LogP contribution in [-0.2, 0) is 4.79 Å². The van der Waals surface area contributed by atoms with Crippen molar-refractivity contribution in [1.82, 2.24) is 10.2 Å². The summed E-state index contributed by atoms with van der Waals surface area (Å²) in [5.74, 6) is -0.359. The number of nitrogens with one attached hydrogen (secondary N) is 1. The van der Waals surface area contributed by atoms with E-state index in [1.807, 2.05) is 30.3 Å². The maximum Gasteiger partial charge on any atom is 0.322 e. The summed E-state index contributed by atoms with van der Waals surface area (Å²) in [7, 11) is 0. The highest BCUT2D eigenvalue weighted by Gasteiger charge is 2.35. The third kappa shape index (κ3) is 3.54. The predicted octanol–water partition coefficient (Wildman–Crippen LogP) is 3.50. The van der Waals surface area contributed by atoms with Crippen LogP contribution in [0.5, 0.6) is 0 Å². The third-order valence-corrected chi connectivity index (χ3v) is 4.65. The van der Waals surface area contributed by atoms with Gasteiger partial charge in [-0.3, -0.25) is 14.9 Å². The number of carbonyl (C=O) groups excluding carboxylic acids is 2. The van der Waals surface area contributed by atoms with Crippen LogP contribution < -0.4 is 10.2 Å². The normalized spacial score (nSPS) is 16.6. The summed E-state index contributed by atoms with van der Waals surface area (Å²) in [5, 5.41) is 10.7. The van der Waals surface area contributed by atoms with Crippen LogP contribution >= 0.6 is 11.6 Å². The maximum atomic E-state index is 12.3. The summed E-state index contributed by atoms with van der Waals surface area (Å²) < 4.78 is 5.56. The number of rotatable bonds is 4. The summed E-state index contributed by atoms with van der Waals surface area (Å²) >= 11 is 6.01. The lowest BCUT2D eigenvalue weighted by molar-refractivity contribution is -0.117. The summed E-state index contributed by atoms with van der Waals surface area (Å²) in [5.41, 5.74) is 1.14. The second kappa shape index (κ2) is 7.20. The first-order chi connectivity index (χ1) is 13.1. The summed E-state index contributed by atoms with van der Waals surface area (Å²) in [6, 6.07) is 16.1. The van der Waals surface area contributed by atoms with Gasteiger partial charge in [-0.05, 0) is 24.3 Å². The minimum absolute atomic E-state index is 0.00828. The van der Waals surface area contributed by atoms with Gasteiger partial charge in [0, 0.05) is 18.7 Å². The van der Waals surface area contributed by atoms with Crippen LogP contribution in [0.15, 0.2) is 59.0 Å².